The van der Waals surface area contributed by atoms with Crippen molar-refractivity contribution in [3.8, 4) is 0 Å². The minimum Gasteiger partial charge on any atom is -0.381 e. The highest BCUT2D eigenvalue weighted by molar-refractivity contribution is 5.94. The average molecular weight is 282 g/mol. The number of nitrogens with one attached hydrogen (secondary N) is 2. The van der Waals surface area contributed by atoms with Crippen molar-refractivity contribution < 1.29 is 4.79 Å². The highest BCUT2D eigenvalue weighted by Gasteiger charge is 2.03. The molecule has 3 nitrogen and oxygen atoms in total. The van der Waals surface area contributed by atoms with Crippen molar-refractivity contribution in [2.45, 2.75) is 26.3 Å². The average Bonchev–Trinajstić information content (AvgIpc) is 2.52. The molecule has 0 aliphatic carbocycles. The lowest BCUT2D eigenvalue weighted by Crippen LogP contribution is -2.17. The van der Waals surface area contributed by atoms with E-state index in [1.165, 1.54) is 11.1 Å². The Labute approximate surface area is 126 Å². The molecule has 0 aromatic heterocycles. The van der Waals surface area contributed by atoms with Gasteiger partial charge < -0.3 is 10.6 Å². The van der Waals surface area contributed by atoms with Gasteiger partial charge in [-0.15, -0.1) is 0 Å². The van der Waals surface area contributed by atoms with Crippen LogP contribution in [0, 0.1) is 0 Å². The summed E-state index contributed by atoms with van der Waals surface area (Å²) in [7, 11) is 1.64. The van der Waals surface area contributed by atoms with E-state index in [0.29, 0.717) is 11.5 Å². The zero-order valence-electron chi connectivity index (χ0n) is 12.8. The summed E-state index contributed by atoms with van der Waals surface area (Å²) in [5, 5.41) is 5.98. The van der Waals surface area contributed by atoms with E-state index in [4.69, 9.17) is 0 Å². The van der Waals surface area contributed by atoms with Gasteiger partial charge in [0.05, 0.1) is 0 Å². The molecule has 3 heteroatoms. The summed E-state index contributed by atoms with van der Waals surface area (Å²) >= 11 is 0. The van der Waals surface area contributed by atoms with E-state index in [2.05, 4.69) is 48.7 Å². The van der Waals surface area contributed by atoms with Crippen LogP contribution in [0.5, 0.6) is 0 Å². The van der Waals surface area contributed by atoms with E-state index in [-0.39, 0.29) is 5.91 Å². The summed E-state index contributed by atoms with van der Waals surface area (Å²) in [6.45, 7) is 5.13. The topological polar surface area (TPSA) is 41.1 Å². The molecule has 110 valence electrons. The van der Waals surface area contributed by atoms with Gasteiger partial charge in [-0.3, -0.25) is 4.79 Å². The Morgan fingerprint density at radius 1 is 1.10 bits per heavy atom. The molecule has 0 fully saturated rings. The Morgan fingerprint density at radius 3 is 2.43 bits per heavy atom. The second-order valence-corrected chi connectivity index (χ2v) is 5.41. The predicted molar refractivity (Wildman–Crippen MR) is 87.7 cm³/mol. The normalized spacial score (nSPS) is 10.5. The maximum Gasteiger partial charge on any atom is 0.251 e. The minimum absolute atomic E-state index is 0.0695. The van der Waals surface area contributed by atoms with Gasteiger partial charge >= 0.3 is 0 Å². The maximum atomic E-state index is 11.6. The summed E-state index contributed by atoms with van der Waals surface area (Å²) in [6, 6.07) is 16.1. The van der Waals surface area contributed by atoms with E-state index >= 15 is 0 Å². The Morgan fingerprint density at radius 2 is 1.81 bits per heavy atom. The molecule has 0 aliphatic rings. The van der Waals surface area contributed by atoms with Crippen LogP contribution in [0.25, 0.3) is 0 Å². The van der Waals surface area contributed by atoms with Crippen LogP contribution in [-0.4, -0.2) is 13.0 Å². The van der Waals surface area contributed by atoms with Gasteiger partial charge in [-0.2, -0.15) is 0 Å². The van der Waals surface area contributed by atoms with Crippen LogP contribution in [-0.2, 0) is 6.54 Å². The van der Waals surface area contributed by atoms with Crippen LogP contribution >= 0.6 is 0 Å². The predicted octanol–water partition coefficient (Wildman–Crippen LogP) is 3.78. The van der Waals surface area contributed by atoms with Crippen molar-refractivity contribution in [1.82, 2.24) is 5.32 Å². The highest BCUT2D eigenvalue weighted by Crippen LogP contribution is 2.16. The van der Waals surface area contributed by atoms with E-state index in [1.807, 2.05) is 18.2 Å². The number of amides is 1. The highest BCUT2D eigenvalue weighted by atomic mass is 16.1. The molecule has 0 atom stereocenters. The molecule has 2 aromatic rings. The summed E-state index contributed by atoms with van der Waals surface area (Å²) < 4.78 is 0. The number of hydrogen-bond acceptors (Lipinski definition) is 2. The van der Waals surface area contributed by atoms with Crippen LogP contribution in [0.15, 0.2) is 48.5 Å². The lowest BCUT2D eigenvalue weighted by Gasteiger charge is -2.10. The van der Waals surface area contributed by atoms with Crippen molar-refractivity contribution in [2.24, 2.45) is 0 Å². The first-order chi connectivity index (χ1) is 10.1. The molecule has 0 unspecified atom stereocenters. The molecule has 2 rings (SSSR count). The molecular formula is C18H22N2O. The smallest absolute Gasteiger partial charge is 0.251 e. The van der Waals surface area contributed by atoms with E-state index in [0.717, 1.165) is 12.2 Å². The second-order valence-electron chi connectivity index (χ2n) is 5.41. The van der Waals surface area contributed by atoms with Crippen LogP contribution in [0.4, 0.5) is 5.69 Å². The molecule has 0 heterocycles. The molecular weight excluding hydrogens is 260 g/mol. The van der Waals surface area contributed by atoms with Gasteiger partial charge in [-0.1, -0.05) is 44.2 Å². The third-order valence-corrected chi connectivity index (χ3v) is 3.49. The maximum absolute atomic E-state index is 11.6. The van der Waals surface area contributed by atoms with Gasteiger partial charge in [0.25, 0.3) is 5.91 Å². The van der Waals surface area contributed by atoms with E-state index < -0.39 is 0 Å². The Kier molecular flexibility index (Phi) is 4.99. The molecule has 2 aromatic carbocycles. The fraction of sp³-hybridized carbons (Fsp3) is 0.278. The second kappa shape index (κ2) is 6.93. The largest absolute Gasteiger partial charge is 0.381 e. The molecule has 0 saturated heterocycles. The lowest BCUT2D eigenvalue weighted by molar-refractivity contribution is 0.0963. The monoisotopic (exact) mass is 282 g/mol. The number of hydrogen-bond donors (Lipinski definition) is 2. The first-order valence-corrected chi connectivity index (χ1v) is 7.25. The van der Waals surface area contributed by atoms with Gasteiger partial charge in [0.2, 0.25) is 0 Å². The lowest BCUT2D eigenvalue weighted by atomic mass is 10.0. The molecule has 2 N–H and O–H groups in total. The van der Waals surface area contributed by atoms with Crippen molar-refractivity contribution in [1.29, 1.82) is 0 Å². The number of anilines is 1. The standard InChI is InChI=1S/C18H22N2O/c1-13(2)15-9-7-14(8-10-15)12-20-17-6-4-5-16(11-17)18(21)19-3/h4-11,13,20H,12H2,1-3H3,(H,19,21). The fourth-order valence-electron chi connectivity index (χ4n) is 2.14. The number of rotatable bonds is 5. The molecule has 0 spiro atoms. The third kappa shape index (κ3) is 4.09. The Balaban J connectivity index is 2.01. The summed E-state index contributed by atoms with van der Waals surface area (Å²) in [5.41, 5.74) is 4.19. The zero-order valence-corrected chi connectivity index (χ0v) is 12.8. The molecule has 0 bridgehead atoms. The van der Waals surface area contributed by atoms with Gasteiger partial charge in [0.15, 0.2) is 0 Å². The van der Waals surface area contributed by atoms with Crippen LogP contribution in [0.2, 0.25) is 0 Å². The van der Waals surface area contributed by atoms with Crippen LogP contribution in [0.1, 0.15) is 41.3 Å². The quantitative estimate of drug-likeness (QED) is 0.876. The zero-order chi connectivity index (χ0) is 15.2. The summed E-state index contributed by atoms with van der Waals surface area (Å²) in [6.07, 6.45) is 0. The van der Waals surface area contributed by atoms with Crippen molar-refractivity contribution in [3.05, 3.63) is 65.2 Å². The fourth-order valence-corrected chi connectivity index (χ4v) is 2.14. The SMILES string of the molecule is CNC(=O)c1cccc(NCc2ccc(C(C)C)cc2)c1. The minimum atomic E-state index is -0.0695. The third-order valence-electron chi connectivity index (χ3n) is 3.49. The van der Waals surface area contributed by atoms with Crippen molar-refractivity contribution in [3.63, 3.8) is 0 Å². The van der Waals surface area contributed by atoms with Gasteiger partial charge in [0.1, 0.15) is 0 Å². The first-order valence-electron chi connectivity index (χ1n) is 7.25. The van der Waals surface area contributed by atoms with Gasteiger partial charge in [-0.05, 0) is 35.2 Å². The molecule has 1 amide bonds. The van der Waals surface area contributed by atoms with Crippen molar-refractivity contribution in [2.75, 3.05) is 12.4 Å². The first kappa shape index (κ1) is 15.1. The molecule has 21 heavy (non-hydrogen) atoms. The molecule has 0 aliphatic heterocycles. The van der Waals surface area contributed by atoms with Crippen LogP contribution < -0.4 is 10.6 Å². The number of carbonyl (C=O) groups excluding carboxylic acids is 1. The van der Waals surface area contributed by atoms with E-state index in [9.17, 15) is 4.79 Å². The van der Waals surface area contributed by atoms with Gasteiger partial charge in [-0.25, -0.2) is 0 Å². The number of benzene rings is 2. The van der Waals surface area contributed by atoms with Crippen LogP contribution in [0.3, 0.4) is 0 Å². The molecule has 0 saturated carbocycles. The number of carbonyl (C=O) groups is 1. The van der Waals surface area contributed by atoms with Crippen molar-refractivity contribution >= 4 is 11.6 Å². The Bertz CT molecular complexity index is 603. The van der Waals surface area contributed by atoms with E-state index in [1.54, 1.807) is 13.1 Å². The summed E-state index contributed by atoms with van der Waals surface area (Å²) in [5.74, 6) is 0.483. The molecule has 0 radical (unpaired) electrons. The van der Waals surface area contributed by atoms with Gasteiger partial charge in [0, 0.05) is 24.8 Å². The summed E-state index contributed by atoms with van der Waals surface area (Å²) in [4.78, 5) is 11.6. The Hall–Kier alpha value is -2.29.